The van der Waals surface area contributed by atoms with Gasteiger partial charge in [-0.15, -0.1) is 0 Å². The van der Waals surface area contributed by atoms with Crippen LogP contribution in [0.4, 0.5) is 11.4 Å². The first kappa shape index (κ1) is 9.84. The Morgan fingerprint density at radius 2 is 2.07 bits per heavy atom. The maximum atomic E-state index is 3.54. The molecule has 0 aliphatic carbocycles. The van der Waals surface area contributed by atoms with E-state index in [-0.39, 0.29) is 5.54 Å². The van der Waals surface area contributed by atoms with E-state index in [4.69, 9.17) is 0 Å². The van der Waals surface area contributed by atoms with Crippen molar-refractivity contribution >= 4 is 27.3 Å². The molecule has 2 N–H and O–H groups in total. The second-order valence-corrected chi connectivity index (χ2v) is 5.29. The van der Waals surface area contributed by atoms with Crippen molar-refractivity contribution in [3.8, 4) is 0 Å². The number of hydrogen-bond donors (Lipinski definition) is 2. The molecule has 0 saturated heterocycles. The van der Waals surface area contributed by atoms with Crippen molar-refractivity contribution in [1.29, 1.82) is 0 Å². The van der Waals surface area contributed by atoms with Crippen LogP contribution in [0, 0.1) is 0 Å². The molecule has 14 heavy (non-hydrogen) atoms. The molecular formula is C11H15BrN2. The molecule has 0 atom stereocenters. The first-order valence-electron chi connectivity index (χ1n) is 4.88. The average molecular weight is 255 g/mol. The molecule has 1 aromatic rings. The molecule has 0 unspecified atom stereocenters. The Balaban J connectivity index is 2.37. The molecule has 1 aliphatic rings. The molecule has 0 aromatic heterocycles. The van der Waals surface area contributed by atoms with Crippen LogP contribution in [0.2, 0.25) is 0 Å². The van der Waals surface area contributed by atoms with Crippen molar-refractivity contribution in [2.45, 2.75) is 25.8 Å². The summed E-state index contributed by atoms with van der Waals surface area (Å²) in [5, 5.41) is 6.97. The molecular weight excluding hydrogens is 240 g/mol. The van der Waals surface area contributed by atoms with Crippen molar-refractivity contribution < 1.29 is 0 Å². The molecule has 76 valence electrons. The van der Waals surface area contributed by atoms with Gasteiger partial charge in [-0.05, 0) is 38.5 Å². The summed E-state index contributed by atoms with van der Waals surface area (Å²) in [5.41, 5.74) is 2.55. The minimum absolute atomic E-state index is 0.173. The average Bonchev–Trinajstić information content (AvgIpc) is 2.22. The van der Waals surface area contributed by atoms with E-state index < -0.39 is 0 Å². The van der Waals surface area contributed by atoms with Crippen LogP contribution in [0.3, 0.4) is 0 Å². The van der Waals surface area contributed by atoms with Crippen molar-refractivity contribution in [2.75, 3.05) is 17.2 Å². The molecule has 0 bridgehead atoms. The van der Waals surface area contributed by atoms with E-state index in [9.17, 15) is 0 Å². The third kappa shape index (κ3) is 2.03. The van der Waals surface area contributed by atoms with Crippen LogP contribution in [0.5, 0.6) is 0 Å². The third-order valence-electron chi connectivity index (χ3n) is 2.52. The smallest absolute Gasteiger partial charge is 0.0587 e. The monoisotopic (exact) mass is 254 g/mol. The lowest BCUT2D eigenvalue weighted by Gasteiger charge is -2.24. The fraction of sp³-hybridized carbons (Fsp3) is 0.455. The normalized spacial score (nSPS) is 18.8. The summed E-state index contributed by atoms with van der Waals surface area (Å²) in [4.78, 5) is 0. The molecule has 2 rings (SSSR count). The van der Waals surface area contributed by atoms with E-state index in [1.807, 2.05) is 0 Å². The third-order valence-corrected chi connectivity index (χ3v) is 3.01. The molecule has 1 heterocycles. The lowest BCUT2D eigenvalue weighted by atomic mass is 10.0. The van der Waals surface area contributed by atoms with Gasteiger partial charge in [0.05, 0.1) is 11.4 Å². The number of fused-ring (bicyclic) bond motifs is 1. The molecule has 0 saturated carbocycles. The molecule has 0 fully saturated rings. The zero-order chi connectivity index (χ0) is 10.2. The first-order chi connectivity index (χ1) is 6.57. The van der Waals surface area contributed by atoms with Gasteiger partial charge in [-0.25, -0.2) is 0 Å². The predicted molar refractivity (Wildman–Crippen MR) is 65.0 cm³/mol. The minimum Gasteiger partial charge on any atom is -0.383 e. The van der Waals surface area contributed by atoms with Crippen LogP contribution in [-0.4, -0.2) is 12.1 Å². The highest BCUT2D eigenvalue weighted by atomic mass is 79.9. The van der Waals surface area contributed by atoms with E-state index >= 15 is 0 Å². The van der Waals surface area contributed by atoms with Crippen LogP contribution in [0.1, 0.15) is 20.3 Å². The lowest BCUT2D eigenvalue weighted by Crippen LogP contribution is -2.30. The zero-order valence-electron chi connectivity index (χ0n) is 8.52. The van der Waals surface area contributed by atoms with E-state index in [1.165, 1.54) is 11.4 Å². The van der Waals surface area contributed by atoms with Gasteiger partial charge < -0.3 is 10.6 Å². The van der Waals surface area contributed by atoms with Crippen molar-refractivity contribution in [1.82, 2.24) is 0 Å². The molecule has 0 radical (unpaired) electrons. The van der Waals surface area contributed by atoms with E-state index in [1.54, 1.807) is 0 Å². The number of benzene rings is 1. The number of nitrogens with one attached hydrogen (secondary N) is 2. The van der Waals surface area contributed by atoms with Gasteiger partial charge in [-0.1, -0.05) is 15.9 Å². The number of rotatable bonds is 0. The van der Waals surface area contributed by atoms with Gasteiger partial charge in [0.25, 0.3) is 0 Å². The van der Waals surface area contributed by atoms with Gasteiger partial charge in [-0.3, -0.25) is 0 Å². The minimum atomic E-state index is 0.173. The molecule has 1 aliphatic heterocycles. The van der Waals surface area contributed by atoms with E-state index in [2.05, 4.69) is 58.6 Å². The predicted octanol–water partition coefficient (Wildman–Crippen LogP) is 3.46. The van der Waals surface area contributed by atoms with E-state index in [0.29, 0.717) is 0 Å². The lowest BCUT2D eigenvalue weighted by molar-refractivity contribution is 0.540. The highest BCUT2D eigenvalue weighted by Gasteiger charge is 2.21. The van der Waals surface area contributed by atoms with Crippen LogP contribution in [-0.2, 0) is 0 Å². The maximum Gasteiger partial charge on any atom is 0.0587 e. The van der Waals surface area contributed by atoms with Gasteiger partial charge in [0, 0.05) is 16.6 Å². The Labute approximate surface area is 93.2 Å². The molecule has 1 aromatic carbocycles. The summed E-state index contributed by atoms with van der Waals surface area (Å²) in [6.45, 7) is 5.47. The van der Waals surface area contributed by atoms with Gasteiger partial charge >= 0.3 is 0 Å². The summed E-state index contributed by atoms with van der Waals surface area (Å²) in [6.07, 6.45) is 1.12. The fourth-order valence-corrected chi connectivity index (χ4v) is 2.07. The highest BCUT2D eigenvalue weighted by Crippen LogP contribution is 2.31. The van der Waals surface area contributed by atoms with E-state index in [0.717, 1.165) is 17.4 Å². The highest BCUT2D eigenvalue weighted by molar-refractivity contribution is 9.10. The summed E-state index contributed by atoms with van der Waals surface area (Å²) in [7, 11) is 0. The molecule has 2 nitrogen and oxygen atoms in total. The Morgan fingerprint density at radius 1 is 1.29 bits per heavy atom. The Kier molecular flexibility index (Phi) is 2.43. The van der Waals surface area contributed by atoms with Crippen LogP contribution >= 0.6 is 15.9 Å². The fourth-order valence-electron chi connectivity index (χ4n) is 1.71. The Bertz CT molecular complexity index is 347. The number of hydrogen-bond acceptors (Lipinski definition) is 2. The van der Waals surface area contributed by atoms with Crippen LogP contribution in [0.25, 0.3) is 0 Å². The summed E-state index contributed by atoms with van der Waals surface area (Å²) >= 11 is 3.48. The topological polar surface area (TPSA) is 24.1 Å². The van der Waals surface area contributed by atoms with Crippen LogP contribution in [0.15, 0.2) is 22.7 Å². The summed E-state index contributed by atoms with van der Waals surface area (Å²) < 4.78 is 1.12. The van der Waals surface area contributed by atoms with Gasteiger partial charge in [0.2, 0.25) is 0 Å². The van der Waals surface area contributed by atoms with Gasteiger partial charge in [0.15, 0.2) is 0 Å². The summed E-state index contributed by atoms with van der Waals surface area (Å²) in [6, 6.07) is 6.29. The van der Waals surface area contributed by atoms with Gasteiger partial charge in [-0.2, -0.15) is 0 Å². The Morgan fingerprint density at radius 3 is 2.86 bits per heavy atom. The SMILES string of the molecule is CC1(C)CCNc2cc(Br)ccc2N1. The van der Waals surface area contributed by atoms with Crippen molar-refractivity contribution in [3.63, 3.8) is 0 Å². The van der Waals surface area contributed by atoms with Crippen molar-refractivity contribution in [2.24, 2.45) is 0 Å². The standard InChI is InChI=1S/C11H15BrN2/c1-11(2)5-6-13-10-7-8(12)3-4-9(10)14-11/h3-4,7,13-14H,5-6H2,1-2H3. The Hall–Kier alpha value is -0.700. The van der Waals surface area contributed by atoms with Gasteiger partial charge in [0.1, 0.15) is 0 Å². The molecule has 3 heteroatoms. The molecule has 0 spiro atoms. The number of halogens is 1. The zero-order valence-corrected chi connectivity index (χ0v) is 10.1. The maximum absolute atomic E-state index is 3.54. The van der Waals surface area contributed by atoms with Crippen LogP contribution < -0.4 is 10.6 Å². The first-order valence-corrected chi connectivity index (χ1v) is 5.68. The quantitative estimate of drug-likeness (QED) is 0.741. The second-order valence-electron chi connectivity index (χ2n) is 4.38. The van der Waals surface area contributed by atoms with Crippen molar-refractivity contribution in [3.05, 3.63) is 22.7 Å². The summed E-state index contributed by atoms with van der Waals surface area (Å²) in [5.74, 6) is 0. The molecule has 0 amide bonds. The second kappa shape index (κ2) is 3.46. The largest absolute Gasteiger partial charge is 0.383 e. The number of anilines is 2.